The van der Waals surface area contributed by atoms with Gasteiger partial charge in [0, 0.05) is 0 Å². The normalized spacial score (nSPS) is 10.5. The van der Waals surface area contributed by atoms with Gasteiger partial charge < -0.3 is 5.32 Å². The Morgan fingerprint density at radius 1 is 1.20 bits per heavy atom. The molecule has 0 atom stereocenters. The topological polar surface area (TPSA) is 12.0 Å². The summed E-state index contributed by atoms with van der Waals surface area (Å²) in [6.45, 7) is 4.43. The zero-order valence-corrected chi connectivity index (χ0v) is 10.6. The van der Waals surface area contributed by atoms with E-state index < -0.39 is 0 Å². The minimum Gasteiger partial charge on any atom is -0.316 e. The van der Waals surface area contributed by atoms with Crippen LogP contribution in [0.3, 0.4) is 0 Å². The van der Waals surface area contributed by atoms with Crippen LogP contribution in [0, 0.1) is 6.92 Å². The van der Waals surface area contributed by atoms with Crippen LogP contribution >= 0.6 is 11.8 Å². The van der Waals surface area contributed by atoms with Crippen LogP contribution in [0.25, 0.3) is 0 Å². The Morgan fingerprint density at radius 2 is 2.00 bits per heavy atom. The van der Waals surface area contributed by atoms with E-state index in [1.165, 1.54) is 23.3 Å². The van der Waals surface area contributed by atoms with Gasteiger partial charge in [0.1, 0.15) is 0 Å². The molecule has 1 nitrogen and oxygen atoms in total. The van der Waals surface area contributed by atoms with Crippen molar-refractivity contribution in [3.8, 4) is 0 Å². The third kappa shape index (κ3) is 5.24. The summed E-state index contributed by atoms with van der Waals surface area (Å²) in [4.78, 5) is 0. The third-order valence-corrected chi connectivity index (χ3v) is 3.23. The van der Waals surface area contributed by atoms with Crippen molar-refractivity contribution in [1.82, 2.24) is 5.32 Å². The van der Waals surface area contributed by atoms with Gasteiger partial charge in [0.2, 0.25) is 0 Å². The summed E-state index contributed by atoms with van der Waals surface area (Å²) in [5, 5.41) is 3.48. The summed E-state index contributed by atoms with van der Waals surface area (Å²) in [6.07, 6.45) is 4.58. The van der Waals surface area contributed by atoms with Crippen LogP contribution in [0.5, 0.6) is 0 Å². The Labute approximate surface area is 97.7 Å². The fourth-order valence-electron chi connectivity index (χ4n) is 1.58. The Morgan fingerprint density at radius 3 is 2.73 bits per heavy atom. The number of rotatable bonds is 7. The molecule has 0 aliphatic rings. The maximum absolute atomic E-state index is 3.48. The number of nitrogens with one attached hydrogen (secondary N) is 1. The van der Waals surface area contributed by atoms with Crippen LogP contribution in [0.15, 0.2) is 24.3 Å². The molecule has 0 aromatic heterocycles. The molecule has 1 rings (SSSR count). The molecule has 0 radical (unpaired) electrons. The molecule has 84 valence electrons. The van der Waals surface area contributed by atoms with Gasteiger partial charge >= 0.3 is 0 Å². The highest BCUT2D eigenvalue weighted by Crippen LogP contribution is 2.06. The lowest BCUT2D eigenvalue weighted by atomic mass is 10.1. The average Bonchev–Trinajstić information content (AvgIpc) is 2.25. The number of thioether (sulfide) groups is 1. The van der Waals surface area contributed by atoms with Gasteiger partial charge in [0.05, 0.1) is 0 Å². The fourth-order valence-corrected chi connectivity index (χ4v) is 2.01. The van der Waals surface area contributed by atoms with Crippen LogP contribution in [0.2, 0.25) is 0 Å². The van der Waals surface area contributed by atoms with Gasteiger partial charge in [-0.25, -0.2) is 0 Å². The standard InChI is InChI=1S/C13H21NS/c1-12-6-3-4-7-13(12)8-10-14-9-5-11-15-2/h3-4,6-7,14H,5,8-11H2,1-2H3. The van der Waals surface area contributed by atoms with Gasteiger partial charge in [0.25, 0.3) is 0 Å². The van der Waals surface area contributed by atoms with E-state index in [4.69, 9.17) is 0 Å². The van der Waals surface area contributed by atoms with Crippen molar-refractivity contribution >= 4 is 11.8 Å². The number of hydrogen-bond donors (Lipinski definition) is 1. The lowest BCUT2D eigenvalue weighted by molar-refractivity contribution is 0.673. The zero-order chi connectivity index (χ0) is 10.9. The quantitative estimate of drug-likeness (QED) is 0.713. The molecule has 0 amide bonds. The molecule has 0 bridgehead atoms. The average molecular weight is 223 g/mol. The van der Waals surface area contributed by atoms with E-state index in [1.807, 2.05) is 11.8 Å². The van der Waals surface area contributed by atoms with E-state index in [0.717, 1.165) is 19.5 Å². The fraction of sp³-hybridized carbons (Fsp3) is 0.538. The molecule has 0 unspecified atom stereocenters. The summed E-state index contributed by atoms with van der Waals surface area (Å²) >= 11 is 1.92. The molecule has 1 aromatic carbocycles. The number of aryl methyl sites for hydroxylation is 1. The van der Waals surface area contributed by atoms with E-state index in [9.17, 15) is 0 Å². The van der Waals surface area contributed by atoms with Crippen molar-refractivity contribution in [2.45, 2.75) is 19.8 Å². The first-order valence-electron chi connectivity index (χ1n) is 5.58. The van der Waals surface area contributed by atoms with E-state index in [1.54, 1.807) is 0 Å². The Kier molecular flexibility index (Phi) is 6.53. The molecular formula is C13H21NS. The van der Waals surface area contributed by atoms with Crippen LogP contribution in [-0.4, -0.2) is 25.1 Å². The van der Waals surface area contributed by atoms with Crippen molar-refractivity contribution in [3.63, 3.8) is 0 Å². The van der Waals surface area contributed by atoms with E-state index >= 15 is 0 Å². The van der Waals surface area contributed by atoms with Crippen molar-refractivity contribution in [1.29, 1.82) is 0 Å². The minimum atomic E-state index is 1.10. The largest absolute Gasteiger partial charge is 0.316 e. The highest BCUT2D eigenvalue weighted by molar-refractivity contribution is 7.98. The second kappa shape index (κ2) is 7.77. The van der Waals surface area contributed by atoms with Gasteiger partial charge in [0.15, 0.2) is 0 Å². The number of hydrogen-bond acceptors (Lipinski definition) is 2. The molecule has 0 spiro atoms. The van der Waals surface area contributed by atoms with Crippen molar-refractivity contribution in [2.75, 3.05) is 25.1 Å². The lowest BCUT2D eigenvalue weighted by Crippen LogP contribution is -2.19. The van der Waals surface area contributed by atoms with Crippen LogP contribution < -0.4 is 5.32 Å². The van der Waals surface area contributed by atoms with Crippen LogP contribution in [0.4, 0.5) is 0 Å². The van der Waals surface area contributed by atoms with Gasteiger partial charge in [-0.3, -0.25) is 0 Å². The maximum Gasteiger partial charge on any atom is -0.000825 e. The summed E-state index contributed by atoms with van der Waals surface area (Å²) in [5.41, 5.74) is 2.87. The first kappa shape index (κ1) is 12.6. The van der Waals surface area contributed by atoms with Gasteiger partial charge in [-0.05, 0) is 56.0 Å². The molecule has 1 N–H and O–H groups in total. The first-order chi connectivity index (χ1) is 7.34. The highest BCUT2D eigenvalue weighted by atomic mass is 32.2. The molecule has 0 saturated carbocycles. The molecule has 0 aliphatic carbocycles. The van der Waals surface area contributed by atoms with Crippen molar-refractivity contribution in [2.24, 2.45) is 0 Å². The molecule has 2 heteroatoms. The molecule has 0 aliphatic heterocycles. The molecule has 0 fully saturated rings. The first-order valence-corrected chi connectivity index (χ1v) is 6.98. The molecule has 1 aromatic rings. The van der Waals surface area contributed by atoms with E-state index in [2.05, 4.69) is 42.8 Å². The van der Waals surface area contributed by atoms with E-state index in [0.29, 0.717) is 0 Å². The Balaban J connectivity index is 2.12. The highest BCUT2D eigenvalue weighted by Gasteiger charge is 1.95. The van der Waals surface area contributed by atoms with E-state index in [-0.39, 0.29) is 0 Å². The minimum absolute atomic E-state index is 1.10. The smallest absolute Gasteiger partial charge is 0.000825 e. The van der Waals surface area contributed by atoms with Gasteiger partial charge in [-0.2, -0.15) is 11.8 Å². The lowest BCUT2D eigenvalue weighted by Gasteiger charge is -2.06. The summed E-state index contributed by atoms with van der Waals surface area (Å²) in [5.74, 6) is 1.26. The maximum atomic E-state index is 3.48. The van der Waals surface area contributed by atoms with Crippen molar-refractivity contribution < 1.29 is 0 Å². The monoisotopic (exact) mass is 223 g/mol. The predicted octanol–water partition coefficient (Wildman–Crippen LogP) is 2.88. The molecular weight excluding hydrogens is 202 g/mol. The predicted molar refractivity (Wildman–Crippen MR) is 70.8 cm³/mol. The Bertz CT molecular complexity index is 273. The molecule has 0 saturated heterocycles. The van der Waals surface area contributed by atoms with Gasteiger partial charge in [-0.15, -0.1) is 0 Å². The van der Waals surface area contributed by atoms with Gasteiger partial charge in [-0.1, -0.05) is 24.3 Å². The number of benzene rings is 1. The second-order valence-corrected chi connectivity index (χ2v) is 4.76. The van der Waals surface area contributed by atoms with Crippen molar-refractivity contribution in [3.05, 3.63) is 35.4 Å². The second-order valence-electron chi connectivity index (χ2n) is 3.77. The SMILES string of the molecule is CSCCCNCCc1ccccc1C. The summed E-state index contributed by atoms with van der Waals surface area (Å²) in [7, 11) is 0. The third-order valence-electron chi connectivity index (χ3n) is 2.53. The molecule has 0 heterocycles. The zero-order valence-electron chi connectivity index (χ0n) is 9.75. The van der Waals surface area contributed by atoms with Crippen LogP contribution in [-0.2, 0) is 6.42 Å². The summed E-state index contributed by atoms with van der Waals surface area (Å²) < 4.78 is 0. The van der Waals surface area contributed by atoms with Crippen LogP contribution in [0.1, 0.15) is 17.5 Å². The summed E-state index contributed by atoms with van der Waals surface area (Å²) in [6, 6.07) is 8.63. The molecule has 15 heavy (non-hydrogen) atoms. The Hall–Kier alpha value is -0.470.